The maximum atomic E-state index is 13.4. The first kappa shape index (κ1) is 23.2. The molecule has 6 nitrogen and oxygen atoms in total. The highest BCUT2D eigenvalue weighted by Crippen LogP contribution is 2.38. The second kappa shape index (κ2) is 10.3. The van der Waals surface area contributed by atoms with Gasteiger partial charge in [-0.1, -0.05) is 72.8 Å². The van der Waals surface area contributed by atoms with E-state index in [1.54, 1.807) is 16.8 Å². The van der Waals surface area contributed by atoms with Crippen molar-refractivity contribution >= 4 is 23.4 Å². The summed E-state index contributed by atoms with van der Waals surface area (Å²) in [5, 5.41) is 2.75. The molecule has 0 saturated heterocycles. The first-order valence-electron chi connectivity index (χ1n) is 11.5. The Balaban J connectivity index is 1.56. The number of rotatable bonds is 6. The SMILES string of the molecule is Cc1ccc2c(c1)N(C)C(=O)CN(C(=O)CNC(=O)CCc1ccccc1)C2c1ccccc1. The van der Waals surface area contributed by atoms with Crippen LogP contribution in [0.4, 0.5) is 5.69 Å². The minimum Gasteiger partial charge on any atom is -0.347 e. The number of hydrogen-bond acceptors (Lipinski definition) is 3. The summed E-state index contributed by atoms with van der Waals surface area (Å²) in [4.78, 5) is 42.0. The highest BCUT2D eigenvalue weighted by atomic mass is 16.2. The van der Waals surface area contributed by atoms with Crippen molar-refractivity contribution in [3.8, 4) is 0 Å². The number of nitrogens with one attached hydrogen (secondary N) is 1. The van der Waals surface area contributed by atoms with E-state index < -0.39 is 6.04 Å². The van der Waals surface area contributed by atoms with Crippen molar-refractivity contribution in [2.24, 2.45) is 0 Å². The predicted molar refractivity (Wildman–Crippen MR) is 132 cm³/mol. The average molecular weight is 456 g/mol. The highest BCUT2D eigenvalue weighted by molar-refractivity contribution is 5.99. The Kier molecular flexibility index (Phi) is 7.07. The third kappa shape index (κ3) is 5.17. The summed E-state index contributed by atoms with van der Waals surface area (Å²) in [6.07, 6.45) is 0.899. The Bertz CT molecular complexity index is 1180. The molecule has 3 aromatic rings. The normalized spacial score (nSPS) is 15.5. The molecule has 0 fully saturated rings. The largest absolute Gasteiger partial charge is 0.347 e. The van der Waals surface area contributed by atoms with Crippen LogP contribution in [0, 0.1) is 6.92 Å². The van der Waals surface area contributed by atoms with E-state index >= 15 is 0 Å². The topological polar surface area (TPSA) is 69.7 Å². The summed E-state index contributed by atoms with van der Waals surface area (Å²) in [6, 6.07) is 25.0. The number of nitrogens with zero attached hydrogens (tertiary/aromatic N) is 2. The van der Waals surface area contributed by atoms with Gasteiger partial charge >= 0.3 is 0 Å². The Morgan fingerprint density at radius 1 is 0.971 bits per heavy atom. The lowest BCUT2D eigenvalue weighted by Gasteiger charge is -2.30. The molecule has 1 N–H and O–H groups in total. The Morgan fingerprint density at radius 2 is 1.65 bits per heavy atom. The molecule has 1 heterocycles. The van der Waals surface area contributed by atoms with Gasteiger partial charge in [-0.15, -0.1) is 0 Å². The first-order chi connectivity index (χ1) is 16.4. The summed E-state index contributed by atoms with van der Waals surface area (Å²) < 4.78 is 0. The van der Waals surface area contributed by atoms with E-state index in [9.17, 15) is 14.4 Å². The van der Waals surface area contributed by atoms with E-state index in [4.69, 9.17) is 0 Å². The molecule has 0 radical (unpaired) electrons. The van der Waals surface area contributed by atoms with Gasteiger partial charge in [0.05, 0.1) is 12.6 Å². The van der Waals surface area contributed by atoms with Gasteiger partial charge in [0.2, 0.25) is 17.7 Å². The lowest BCUT2D eigenvalue weighted by Crippen LogP contribution is -2.45. The number of carbonyl (C=O) groups is 3. The number of benzene rings is 3. The smallest absolute Gasteiger partial charge is 0.246 e. The summed E-state index contributed by atoms with van der Waals surface area (Å²) >= 11 is 0. The molecule has 3 amide bonds. The molecule has 0 aromatic heterocycles. The molecule has 0 spiro atoms. The fraction of sp³-hybridized carbons (Fsp3) is 0.250. The Morgan fingerprint density at radius 3 is 2.35 bits per heavy atom. The molecule has 0 aliphatic carbocycles. The van der Waals surface area contributed by atoms with Crippen LogP contribution in [0.25, 0.3) is 0 Å². The van der Waals surface area contributed by atoms with Gasteiger partial charge in [0.15, 0.2) is 0 Å². The average Bonchev–Trinajstić information content (AvgIpc) is 2.97. The molecule has 3 aromatic carbocycles. The lowest BCUT2D eigenvalue weighted by atomic mass is 9.94. The molecule has 0 saturated carbocycles. The van der Waals surface area contributed by atoms with Crippen LogP contribution >= 0.6 is 0 Å². The molecule has 34 heavy (non-hydrogen) atoms. The van der Waals surface area contributed by atoms with E-state index in [0.29, 0.717) is 12.8 Å². The van der Waals surface area contributed by atoms with E-state index in [1.165, 1.54) is 0 Å². The lowest BCUT2D eigenvalue weighted by molar-refractivity contribution is -0.137. The third-order valence-electron chi connectivity index (χ3n) is 6.19. The maximum absolute atomic E-state index is 13.4. The predicted octanol–water partition coefficient (Wildman–Crippen LogP) is 3.64. The fourth-order valence-electron chi connectivity index (χ4n) is 4.31. The zero-order chi connectivity index (χ0) is 24.1. The molecule has 1 aliphatic heterocycles. The van der Waals surface area contributed by atoms with E-state index in [-0.39, 0.29) is 30.8 Å². The van der Waals surface area contributed by atoms with Gasteiger partial charge in [0, 0.05) is 24.7 Å². The maximum Gasteiger partial charge on any atom is 0.246 e. The van der Waals surface area contributed by atoms with Crippen LogP contribution in [-0.2, 0) is 20.8 Å². The van der Waals surface area contributed by atoms with E-state index in [1.807, 2.05) is 85.8 Å². The van der Waals surface area contributed by atoms with Crippen LogP contribution in [0.5, 0.6) is 0 Å². The number of hydrogen-bond donors (Lipinski definition) is 1. The van der Waals surface area contributed by atoms with E-state index in [0.717, 1.165) is 27.9 Å². The quantitative estimate of drug-likeness (QED) is 0.617. The molecule has 174 valence electrons. The van der Waals surface area contributed by atoms with Crippen LogP contribution in [0.2, 0.25) is 0 Å². The van der Waals surface area contributed by atoms with Crippen molar-refractivity contribution in [2.45, 2.75) is 25.8 Å². The number of fused-ring (bicyclic) bond motifs is 1. The molecular formula is C28H29N3O3. The van der Waals surface area contributed by atoms with Gasteiger partial charge in [-0.05, 0) is 36.1 Å². The van der Waals surface area contributed by atoms with Crippen molar-refractivity contribution in [1.82, 2.24) is 10.2 Å². The zero-order valence-electron chi connectivity index (χ0n) is 19.5. The molecule has 6 heteroatoms. The standard InChI is InChI=1S/C28H29N3O3/c1-20-13-15-23-24(17-20)30(2)27(34)19-31(28(23)22-11-7-4-8-12-22)26(33)18-29-25(32)16-14-21-9-5-3-6-10-21/h3-13,15,17,28H,14,16,18-19H2,1-2H3,(H,29,32). The summed E-state index contributed by atoms with van der Waals surface area (Å²) in [6.45, 7) is 1.76. The van der Waals surface area contributed by atoms with Crippen LogP contribution < -0.4 is 10.2 Å². The minimum absolute atomic E-state index is 0.0670. The van der Waals surface area contributed by atoms with Crippen LogP contribution in [0.1, 0.15) is 34.7 Å². The zero-order valence-corrected chi connectivity index (χ0v) is 19.5. The van der Waals surface area contributed by atoms with Crippen molar-refractivity contribution in [3.05, 3.63) is 101 Å². The second-order valence-electron chi connectivity index (χ2n) is 8.61. The molecule has 1 unspecified atom stereocenters. The van der Waals surface area contributed by atoms with Crippen molar-refractivity contribution < 1.29 is 14.4 Å². The molecule has 1 atom stereocenters. The number of carbonyl (C=O) groups excluding carboxylic acids is 3. The Labute approximate surface area is 200 Å². The highest BCUT2D eigenvalue weighted by Gasteiger charge is 2.35. The van der Waals surface area contributed by atoms with Crippen LogP contribution in [0.3, 0.4) is 0 Å². The molecular weight excluding hydrogens is 426 g/mol. The number of amides is 3. The van der Waals surface area contributed by atoms with Crippen molar-refractivity contribution in [3.63, 3.8) is 0 Å². The van der Waals surface area contributed by atoms with Gasteiger partial charge in [-0.2, -0.15) is 0 Å². The van der Waals surface area contributed by atoms with Gasteiger partial charge in [0.1, 0.15) is 6.54 Å². The number of anilines is 1. The summed E-state index contributed by atoms with van der Waals surface area (Å²) in [5.74, 6) is -0.658. The minimum atomic E-state index is -0.431. The number of likely N-dealkylation sites (N-methyl/N-ethyl adjacent to an activating group) is 1. The van der Waals surface area contributed by atoms with Crippen molar-refractivity contribution in [1.29, 1.82) is 0 Å². The van der Waals surface area contributed by atoms with Crippen LogP contribution in [-0.4, -0.2) is 42.8 Å². The van der Waals surface area contributed by atoms with E-state index in [2.05, 4.69) is 5.32 Å². The summed E-state index contributed by atoms with van der Waals surface area (Å²) in [5.41, 5.74) is 4.70. The van der Waals surface area contributed by atoms with Gasteiger partial charge in [0.25, 0.3) is 0 Å². The van der Waals surface area contributed by atoms with Crippen LogP contribution in [0.15, 0.2) is 78.9 Å². The third-order valence-corrected chi connectivity index (χ3v) is 6.19. The van der Waals surface area contributed by atoms with Gasteiger partial charge in [-0.25, -0.2) is 0 Å². The Hall–Kier alpha value is -3.93. The van der Waals surface area contributed by atoms with Gasteiger partial charge < -0.3 is 15.1 Å². The van der Waals surface area contributed by atoms with Crippen molar-refractivity contribution in [2.75, 3.05) is 25.0 Å². The number of aryl methyl sites for hydroxylation is 2. The summed E-state index contributed by atoms with van der Waals surface area (Å²) in [7, 11) is 1.74. The fourth-order valence-corrected chi connectivity index (χ4v) is 4.31. The monoisotopic (exact) mass is 455 g/mol. The second-order valence-corrected chi connectivity index (χ2v) is 8.61. The molecule has 4 rings (SSSR count). The van der Waals surface area contributed by atoms with Gasteiger partial charge in [-0.3, -0.25) is 14.4 Å². The molecule has 0 bridgehead atoms. The first-order valence-corrected chi connectivity index (χ1v) is 11.5. The molecule has 1 aliphatic rings.